The average Bonchev–Trinajstić information content (AvgIpc) is 2.82. The van der Waals surface area contributed by atoms with Crippen LogP contribution in [-0.2, 0) is 6.54 Å². The lowest BCUT2D eigenvalue weighted by atomic mass is 10.2. The van der Waals surface area contributed by atoms with Gasteiger partial charge in [0.15, 0.2) is 0 Å². The van der Waals surface area contributed by atoms with Gasteiger partial charge in [-0.3, -0.25) is 0 Å². The van der Waals surface area contributed by atoms with Crippen LogP contribution in [0.5, 0.6) is 0 Å². The van der Waals surface area contributed by atoms with Crippen LogP contribution >= 0.6 is 11.8 Å². The first-order chi connectivity index (χ1) is 8.29. The van der Waals surface area contributed by atoms with Gasteiger partial charge >= 0.3 is 0 Å². The third kappa shape index (κ3) is 3.31. The van der Waals surface area contributed by atoms with E-state index in [0.717, 1.165) is 23.7 Å². The molecule has 0 aliphatic rings. The highest BCUT2D eigenvalue weighted by atomic mass is 32.2. The number of hydrogen-bond acceptors (Lipinski definition) is 5. The Labute approximate surface area is 105 Å². The summed E-state index contributed by atoms with van der Waals surface area (Å²) in [4.78, 5) is 8.50. The molecule has 5 heteroatoms. The van der Waals surface area contributed by atoms with Crippen molar-refractivity contribution in [3.63, 3.8) is 0 Å². The Hall–Kier alpha value is -1.33. The van der Waals surface area contributed by atoms with Crippen LogP contribution in [-0.4, -0.2) is 16.5 Å². The van der Waals surface area contributed by atoms with E-state index in [1.165, 1.54) is 17.3 Å². The van der Waals surface area contributed by atoms with E-state index in [1.807, 2.05) is 13.1 Å². The van der Waals surface area contributed by atoms with Gasteiger partial charge in [0.1, 0.15) is 11.3 Å². The molecule has 0 saturated heterocycles. The van der Waals surface area contributed by atoms with Gasteiger partial charge in [-0.05, 0) is 36.4 Å². The van der Waals surface area contributed by atoms with Crippen LogP contribution < -0.4 is 5.32 Å². The van der Waals surface area contributed by atoms with Gasteiger partial charge in [0, 0.05) is 12.7 Å². The highest BCUT2D eigenvalue weighted by Crippen LogP contribution is 2.27. The van der Waals surface area contributed by atoms with Gasteiger partial charge in [-0.25, -0.2) is 9.97 Å². The van der Waals surface area contributed by atoms with E-state index in [1.54, 1.807) is 12.5 Å². The number of aromatic nitrogens is 2. The molecule has 17 heavy (non-hydrogen) atoms. The number of nitrogens with one attached hydrogen (secondary N) is 1. The molecule has 0 radical (unpaired) electrons. The van der Waals surface area contributed by atoms with Gasteiger partial charge in [-0.1, -0.05) is 13.0 Å². The largest absolute Gasteiger partial charge is 0.440 e. The third-order valence-corrected chi connectivity index (χ3v) is 3.26. The fourth-order valence-electron chi connectivity index (χ4n) is 1.44. The molecule has 0 aliphatic heterocycles. The zero-order chi connectivity index (χ0) is 12.1. The summed E-state index contributed by atoms with van der Waals surface area (Å²) in [6.45, 7) is 5.96. The maximum atomic E-state index is 5.19. The summed E-state index contributed by atoms with van der Waals surface area (Å²) in [6.07, 6.45) is 5.09. The predicted octanol–water partition coefficient (Wildman–Crippen LogP) is 2.64. The standard InChI is InChI=1S/C12H15N3OS/c1-3-13-7-10-6-9(2)11(15-8-10)17-12-14-4-5-16-12/h4-6,8,13H,3,7H2,1-2H3. The van der Waals surface area contributed by atoms with Crippen LogP contribution in [0.15, 0.2) is 39.4 Å². The van der Waals surface area contributed by atoms with Crippen LogP contribution in [0, 0.1) is 6.92 Å². The molecule has 4 nitrogen and oxygen atoms in total. The quantitative estimate of drug-likeness (QED) is 0.882. The zero-order valence-electron chi connectivity index (χ0n) is 9.93. The first kappa shape index (κ1) is 12.1. The van der Waals surface area contributed by atoms with E-state index < -0.39 is 0 Å². The van der Waals surface area contributed by atoms with Crippen molar-refractivity contribution in [2.75, 3.05) is 6.54 Å². The minimum absolute atomic E-state index is 0.625. The predicted molar refractivity (Wildman–Crippen MR) is 67.0 cm³/mol. The van der Waals surface area contributed by atoms with Crippen molar-refractivity contribution < 1.29 is 4.42 Å². The van der Waals surface area contributed by atoms with Crippen molar-refractivity contribution in [1.29, 1.82) is 0 Å². The molecule has 1 N–H and O–H groups in total. The summed E-state index contributed by atoms with van der Waals surface area (Å²) in [6, 6.07) is 2.14. The molecule has 0 amide bonds. The lowest BCUT2D eigenvalue weighted by Gasteiger charge is -2.06. The zero-order valence-corrected chi connectivity index (χ0v) is 10.8. The maximum absolute atomic E-state index is 5.19. The second kappa shape index (κ2) is 5.84. The first-order valence-corrected chi connectivity index (χ1v) is 6.35. The summed E-state index contributed by atoms with van der Waals surface area (Å²) < 4.78 is 5.19. The number of hydrogen-bond donors (Lipinski definition) is 1. The van der Waals surface area contributed by atoms with Gasteiger partial charge in [-0.15, -0.1) is 0 Å². The summed E-state index contributed by atoms with van der Waals surface area (Å²) >= 11 is 1.44. The fourth-order valence-corrected chi connectivity index (χ4v) is 2.14. The Morgan fingerprint density at radius 1 is 1.41 bits per heavy atom. The molecule has 2 aromatic rings. The molecule has 90 valence electrons. The van der Waals surface area contributed by atoms with Crippen molar-refractivity contribution in [3.8, 4) is 0 Å². The fraction of sp³-hybridized carbons (Fsp3) is 0.333. The van der Waals surface area contributed by atoms with Crippen LogP contribution in [0.4, 0.5) is 0 Å². The lowest BCUT2D eigenvalue weighted by Crippen LogP contribution is -2.12. The van der Waals surface area contributed by atoms with E-state index >= 15 is 0 Å². The minimum atomic E-state index is 0.625. The highest BCUT2D eigenvalue weighted by molar-refractivity contribution is 7.99. The lowest BCUT2D eigenvalue weighted by molar-refractivity contribution is 0.454. The molecule has 0 bridgehead atoms. The van der Waals surface area contributed by atoms with Crippen LogP contribution in [0.1, 0.15) is 18.1 Å². The molecular formula is C12H15N3OS. The number of aryl methyl sites for hydroxylation is 1. The van der Waals surface area contributed by atoms with E-state index in [-0.39, 0.29) is 0 Å². The summed E-state index contributed by atoms with van der Waals surface area (Å²) in [7, 11) is 0. The van der Waals surface area contributed by atoms with Gasteiger partial charge < -0.3 is 9.73 Å². The summed E-state index contributed by atoms with van der Waals surface area (Å²) in [5.41, 5.74) is 2.34. The summed E-state index contributed by atoms with van der Waals surface area (Å²) in [5, 5.41) is 4.84. The molecule has 2 rings (SSSR count). The molecule has 2 aromatic heterocycles. The van der Waals surface area contributed by atoms with Crippen molar-refractivity contribution in [2.45, 2.75) is 30.6 Å². The van der Waals surface area contributed by atoms with Crippen LogP contribution in [0.25, 0.3) is 0 Å². The molecule has 0 aromatic carbocycles. The van der Waals surface area contributed by atoms with E-state index in [9.17, 15) is 0 Å². The smallest absolute Gasteiger partial charge is 0.261 e. The maximum Gasteiger partial charge on any atom is 0.261 e. The second-order valence-electron chi connectivity index (χ2n) is 3.65. The summed E-state index contributed by atoms with van der Waals surface area (Å²) in [5.74, 6) is 0. The third-order valence-electron chi connectivity index (χ3n) is 2.26. The molecule has 0 unspecified atom stereocenters. The van der Waals surface area contributed by atoms with Crippen molar-refractivity contribution >= 4 is 11.8 Å². The number of nitrogens with zero attached hydrogens (tertiary/aromatic N) is 2. The average molecular weight is 249 g/mol. The normalized spacial score (nSPS) is 10.7. The Kier molecular flexibility index (Phi) is 4.17. The number of rotatable bonds is 5. The number of oxazole rings is 1. The SMILES string of the molecule is CCNCc1cnc(Sc2ncco2)c(C)c1. The van der Waals surface area contributed by atoms with Gasteiger partial charge in [0.05, 0.1) is 6.20 Å². The number of pyridine rings is 1. The van der Waals surface area contributed by atoms with Crippen LogP contribution in [0.2, 0.25) is 0 Å². The van der Waals surface area contributed by atoms with E-state index in [2.05, 4.69) is 28.3 Å². The highest BCUT2D eigenvalue weighted by Gasteiger charge is 2.06. The molecule has 0 aliphatic carbocycles. The molecule has 0 saturated carbocycles. The Morgan fingerprint density at radius 2 is 2.29 bits per heavy atom. The topological polar surface area (TPSA) is 51.0 Å². The minimum Gasteiger partial charge on any atom is -0.440 e. The molecule has 2 heterocycles. The van der Waals surface area contributed by atoms with Gasteiger partial charge in [0.2, 0.25) is 0 Å². The van der Waals surface area contributed by atoms with E-state index in [0.29, 0.717) is 5.22 Å². The van der Waals surface area contributed by atoms with Crippen molar-refractivity contribution in [2.24, 2.45) is 0 Å². The van der Waals surface area contributed by atoms with Crippen LogP contribution in [0.3, 0.4) is 0 Å². The van der Waals surface area contributed by atoms with Crippen molar-refractivity contribution in [3.05, 3.63) is 35.9 Å². The monoisotopic (exact) mass is 249 g/mol. The Balaban J connectivity index is 2.09. The molecule has 0 atom stereocenters. The van der Waals surface area contributed by atoms with Gasteiger partial charge in [-0.2, -0.15) is 0 Å². The molecule has 0 spiro atoms. The van der Waals surface area contributed by atoms with Crippen molar-refractivity contribution in [1.82, 2.24) is 15.3 Å². The second-order valence-corrected chi connectivity index (χ2v) is 4.59. The Morgan fingerprint density at radius 3 is 2.94 bits per heavy atom. The first-order valence-electron chi connectivity index (χ1n) is 5.53. The van der Waals surface area contributed by atoms with Gasteiger partial charge in [0.25, 0.3) is 5.22 Å². The Bertz CT molecular complexity index is 471. The van der Waals surface area contributed by atoms with E-state index in [4.69, 9.17) is 4.42 Å². The molecular weight excluding hydrogens is 234 g/mol. The molecule has 0 fully saturated rings.